The molecule has 4 heterocycles. The van der Waals surface area contributed by atoms with E-state index >= 15 is 0 Å². The zero-order chi connectivity index (χ0) is 47.2. The molecule has 0 fully saturated rings. The van der Waals surface area contributed by atoms with Crippen molar-refractivity contribution >= 4 is 41.0 Å². The molecule has 3 N–H and O–H groups in total. The minimum absolute atomic E-state index is 0.287. The molecule has 0 spiro atoms. The van der Waals surface area contributed by atoms with Gasteiger partial charge in [-0.3, -0.25) is 4.55 Å². The zero-order valence-corrected chi connectivity index (χ0v) is 37.8. The summed E-state index contributed by atoms with van der Waals surface area (Å²) in [6.45, 7) is 5.89. The van der Waals surface area contributed by atoms with Gasteiger partial charge in [-0.05, 0) is 65.1 Å². The van der Waals surface area contributed by atoms with Crippen molar-refractivity contribution in [2.24, 2.45) is 0 Å². The number of hydrogen-bond acceptors (Lipinski definition) is 13. The van der Waals surface area contributed by atoms with Gasteiger partial charge in [0.2, 0.25) is 0 Å². The predicted molar refractivity (Wildman–Crippen MR) is 225 cm³/mol. The summed E-state index contributed by atoms with van der Waals surface area (Å²) in [6.07, 6.45) is 17.9. The first kappa shape index (κ1) is 50.6. The molecule has 0 aliphatic carbocycles. The number of hydrogen-bond donors (Lipinski definition) is 3. The average molecular weight is 959 g/mol. The molecule has 0 atom stereocenters. The van der Waals surface area contributed by atoms with E-state index < -0.39 is 62.3 Å². The highest BCUT2D eigenvalue weighted by atomic mass is 32.2. The van der Waals surface area contributed by atoms with Gasteiger partial charge in [0.15, 0.2) is 62.7 Å². The molecule has 0 saturated carbocycles. The largest absolute Gasteiger partial charge is 0.748 e. The van der Waals surface area contributed by atoms with Gasteiger partial charge in [0.05, 0.1) is 15.0 Å². The fourth-order valence-corrected chi connectivity index (χ4v) is 8.07. The van der Waals surface area contributed by atoms with Gasteiger partial charge in [-0.2, -0.15) is 8.42 Å². The summed E-state index contributed by atoms with van der Waals surface area (Å²) >= 11 is 0. The van der Waals surface area contributed by atoms with E-state index in [2.05, 4.69) is 36.0 Å². The number of aryl methyl sites for hydroxylation is 3. The first-order valence-corrected chi connectivity index (χ1v) is 24.7. The SMILES string of the molecule is CCCC[n+]1ccc(-c2cc[n+](CCCS(=O)(=O)[O-])cc2)cc1.Cc1cc(C[n+]2ccc(-c3cc[n+](Cc4ccc(O)c(S(=O)(=O)[O-])c4)cc3)cc2)cc(S(=O)(=O)O)c1O.O=S(=O)=O. The van der Waals surface area contributed by atoms with E-state index in [1.807, 2.05) is 70.3 Å². The minimum atomic E-state index is -4.79. The highest BCUT2D eigenvalue weighted by Gasteiger charge is 2.20. The maximum Gasteiger partial charge on any atom is 0.425 e. The van der Waals surface area contributed by atoms with Crippen LogP contribution in [0.25, 0.3) is 22.3 Å². The van der Waals surface area contributed by atoms with Crippen LogP contribution in [0.15, 0.2) is 138 Å². The summed E-state index contributed by atoms with van der Waals surface area (Å²) in [6, 6.07) is 22.4. The monoisotopic (exact) mass is 958 g/mol. The summed E-state index contributed by atoms with van der Waals surface area (Å²) in [7, 11) is -16.6. The molecule has 4 aromatic heterocycles. The maximum atomic E-state index is 11.5. The standard InChI is InChI=1S/C25H22N2O8S2.C17H23N2O3S.O3S/c1-17-12-19(14-24(25(17)29)37(33,34)35)16-27-10-6-21(7-11-27)20-4-8-26(9-5-20)15-18-2-3-22(28)23(13-18)36(30,31)32;1-2-3-9-18-11-5-16(6-12-18)17-7-13-19(14-8-17)10-4-15-23(20,21)22;1-4(2)3/h2-14H,15-16H2,1H3,(H2-2,28,29,30,31,32,33,34,35);5-8,11-14H,2-4,9-10,15H2,1H3;/q;+1;/p+1. The van der Waals surface area contributed by atoms with Crippen molar-refractivity contribution in [3.8, 4) is 33.8 Å². The van der Waals surface area contributed by atoms with Gasteiger partial charge in [-0.15, -0.1) is 12.6 Å². The Labute approximate surface area is 373 Å². The van der Waals surface area contributed by atoms with Crippen LogP contribution in [0.1, 0.15) is 42.9 Å². The normalized spacial score (nSPS) is 11.5. The van der Waals surface area contributed by atoms with Crippen LogP contribution < -0.4 is 18.3 Å². The Morgan fingerprint density at radius 1 is 0.562 bits per heavy atom. The van der Waals surface area contributed by atoms with Crippen LogP contribution in [0.2, 0.25) is 0 Å². The molecule has 340 valence electrons. The lowest BCUT2D eigenvalue weighted by molar-refractivity contribution is -0.697. The van der Waals surface area contributed by atoms with Gasteiger partial charge in [0.1, 0.15) is 39.6 Å². The lowest BCUT2D eigenvalue weighted by Gasteiger charge is -2.10. The van der Waals surface area contributed by atoms with Gasteiger partial charge < -0.3 is 19.3 Å². The van der Waals surface area contributed by atoms with Crippen molar-refractivity contribution in [1.29, 1.82) is 0 Å². The number of aromatic hydroxyl groups is 2. The molecule has 6 aromatic rings. The van der Waals surface area contributed by atoms with Crippen molar-refractivity contribution < 1.29 is 80.0 Å². The molecule has 0 radical (unpaired) electrons. The molecular weight excluding hydrogens is 913 g/mol. The van der Waals surface area contributed by atoms with E-state index in [0.29, 0.717) is 36.2 Å². The molecule has 0 aliphatic heterocycles. The molecule has 0 amide bonds. The minimum Gasteiger partial charge on any atom is -0.748 e. The molecular formula is C42H46N4O14S4+2. The van der Waals surface area contributed by atoms with E-state index in [9.17, 15) is 49.1 Å². The highest BCUT2D eigenvalue weighted by Crippen LogP contribution is 2.28. The smallest absolute Gasteiger partial charge is 0.425 e. The van der Waals surface area contributed by atoms with Crippen LogP contribution in [-0.4, -0.2) is 67.5 Å². The molecule has 0 aliphatic rings. The van der Waals surface area contributed by atoms with Crippen LogP contribution in [-0.2, 0) is 67.1 Å². The topological polar surface area (TPSA) is 276 Å². The number of aromatic nitrogens is 4. The number of phenolic OH excluding ortho intramolecular Hbond substituents is 2. The molecule has 0 bridgehead atoms. The molecule has 0 unspecified atom stereocenters. The molecule has 6 rings (SSSR count). The van der Waals surface area contributed by atoms with Crippen LogP contribution in [0.5, 0.6) is 11.5 Å². The zero-order valence-electron chi connectivity index (χ0n) is 34.5. The van der Waals surface area contributed by atoms with Gasteiger partial charge in [0.25, 0.3) is 10.1 Å². The van der Waals surface area contributed by atoms with Gasteiger partial charge in [-0.1, -0.05) is 13.3 Å². The fourth-order valence-electron chi connectivity index (χ4n) is 6.26. The van der Waals surface area contributed by atoms with Gasteiger partial charge in [0, 0.05) is 78.3 Å². The summed E-state index contributed by atoms with van der Waals surface area (Å²) in [5.41, 5.74) is 5.53. The molecule has 2 aromatic carbocycles. The Morgan fingerprint density at radius 3 is 1.34 bits per heavy atom. The summed E-state index contributed by atoms with van der Waals surface area (Å²) in [5.74, 6) is -1.38. The van der Waals surface area contributed by atoms with Crippen molar-refractivity contribution in [2.45, 2.75) is 69.1 Å². The second-order valence-corrected chi connectivity index (χ2v) is 19.0. The Bertz CT molecular complexity index is 2990. The van der Waals surface area contributed by atoms with E-state index in [-0.39, 0.29) is 12.3 Å². The number of rotatable bonds is 15. The van der Waals surface area contributed by atoms with Gasteiger partial charge in [-0.25, -0.2) is 35.1 Å². The van der Waals surface area contributed by atoms with Crippen molar-refractivity contribution in [3.63, 3.8) is 0 Å². The van der Waals surface area contributed by atoms with Crippen LogP contribution in [0.4, 0.5) is 0 Å². The molecule has 0 saturated heterocycles. The van der Waals surface area contributed by atoms with E-state index in [4.69, 9.17) is 12.6 Å². The first-order chi connectivity index (χ1) is 30.0. The second kappa shape index (κ2) is 22.6. The fraction of sp³-hybridized carbons (Fsp3) is 0.238. The quantitative estimate of drug-likeness (QED) is 0.0986. The summed E-state index contributed by atoms with van der Waals surface area (Å²) in [5, 5.41) is 19.6. The number of pyridine rings is 4. The number of unbranched alkanes of at least 4 members (excludes halogenated alkanes) is 1. The molecule has 64 heavy (non-hydrogen) atoms. The Kier molecular flexibility index (Phi) is 17.8. The van der Waals surface area contributed by atoms with Gasteiger partial charge >= 0.3 is 10.6 Å². The maximum absolute atomic E-state index is 11.5. The van der Waals surface area contributed by atoms with Crippen LogP contribution >= 0.6 is 0 Å². The van der Waals surface area contributed by atoms with Crippen molar-refractivity contribution in [2.75, 3.05) is 5.75 Å². The second-order valence-electron chi connectivity index (χ2n) is 14.3. The highest BCUT2D eigenvalue weighted by molar-refractivity contribution is 7.86. The number of nitrogens with zero attached hydrogens (tertiary/aromatic N) is 4. The average Bonchev–Trinajstić information content (AvgIpc) is 3.22. The molecule has 18 nitrogen and oxygen atoms in total. The summed E-state index contributed by atoms with van der Waals surface area (Å²) < 4.78 is 131. The lowest BCUT2D eigenvalue weighted by atomic mass is 10.1. The number of benzene rings is 2. The third-order valence-corrected chi connectivity index (χ3v) is 12.0. The van der Waals surface area contributed by atoms with Crippen LogP contribution in [0.3, 0.4) is 0 Å². The summed E-state index contributed by atoms with van der Waals surface area (Å²) in [4.78, 5) is -1.19. The van der Waals surface area contributed by atoms with E-state index in [0.717, 1.165) is 34.9 Å². The third-order valence-electron chi connectivity index (χ3n) is 9.44. The predicted octanol–water partition coefficient (Wildman–Crippen LogP) is 2.56. The third kappa shape index (κ3) is 16.3. The number of phenols is 2. The Balaban J connectivity index is 0.000000284. The van der Waals surface area contributed by atoms with Crippen LogP contribution in [0, 0.1) is 6.92 Å². The van der Waals surface area contributed by atoms with E-state index in [1.54, 1.807) is 30.0 Å². The lowest BCUT2D eigenvalue weighted by Crippen LogP contribution is -2.33. The van der Waals surface area contributed by atoms with E-state index in [1.165, 1.54) is 31.0 Å². The Hall–Kier alpha value is -6.01. The first-order valence-electron chi connectivity index (χ1n) is 19.3. The van der Waals surface area contributed by atoms with Crippen molar-refractivity contribution in [1.82, 2.24) is 0 Å². The Morgan fingerprint density at radius 2 is 0.953 bits per heavy atom. The molecule has 22 heteroatoms. The van der Waals surface area contributed by atoms with Crippen molar-refractivity contribution in [3.05, 3.63) is 145 Å².